The van der Waals surface area contributed by atoms with Crippen molar-refractivity contribution < 1.29 is 14.0 Å². The third-order valence-corrected chi connectivity index (χ3v) is 6.16. The Balaban J connectivity index is 1.34. The molecule has 0 saturated carbocycles. The molecule has 6 heteroatoms. The maximum Gasteiger partial charge on any atom is 0.255 e. The van der Waals surface area contributed by atoms with Gasteiger partial charge in [-0.05, 0) is 60.6 Å². The van der Waals surface area contributed by atoms with Crippen LogP contribution in [0.1, 0.15) is 39.9 Å². The lowest BCUT2D eigenvalue weighted by Gasteiger charge is -2.35. The number of hydrogen-bond acceptors (Lipinski definition) is 2. The molecule has 2 aromatic carbocycles. The number of nitrogens with zero attached hydrogens (tertiary/aromatic N) is 2. The second-order valence-corrected chi connectivity index (χ2v) is 8.19. The summed E-state index contributed by atoms with van der Waals surface area (Å²) in [6.07, 6.45) is 5.10. The molecule has 1 aliphatic carbocycles. The fraction of sp³-hybridized carbons (Fsp3) is 0.391. The van der Waals surface area contributed by atoms with Gasteiger partial charge in [0.2, 0.25) is 5.91 Å². The molecular formula is C23H24ClFN2O2. The fourth-order valence-electron chi connectivity index (χ4n) is 4.18. The third kappa shape index (κ3) is 4.45. The second kappa shape index (κ2) is 8.54. The third-order valence-electron chi connectivity index (χ3n) is 5.85. The zero-order valence-corrected chi connectivity index (χ0v) is 17.1. The van der Waals surface area contributed by atoms with Crippen LogP contribution in [0.3, 0.4) is 0 Å². The average molecular weight is 415 g/mol. The molecule has 4 nitrogen and oxygen atoms in total. The normalized spacial score (nSPS) is 16.5. The molecule has 4 rings (SSSR count). The van der Waals surface area contributed by atoms with E-state index in [1.165, 1.54) is 36.1 Å². The van der Waals surface area contributed by atoms with Crippen LogP contribution in [0.4, 0.5) is 4.39 Å². The molecule has 0 radical (unpaired) electrons. The number of carbonyl (C=O) groups excluding carboxylic acids is 2. The average Bonchev–Trinajstić information content (AvgIpc) is 2.73. The van der Waals surface area contributed by atoms with E-state index in [9.17, 15) is 14.0 Å². The predicted molar refractivity (Wildman–Crippen MR) is 111 cm³/mol. The Morgan fingerprint density at radius 1 is 0.897 bits per heavy atom. The number of carbonyl (C=O) groups is 2. The van der Waals surface area contributed by atoms with Gasteiger partial charge in [-0.25, -0.2) is 4.39 Å². The molecule has 0 unspecified atom stereocenters. The summed E-state index contributed by atoms with van der Waals surface area (Å²) in [4.78, 5) is 28.9. The van der Waals surface area contributed by atoms with Gasteiger partial charge in [0.15, 0.2) is 0 Å². The van der Waals surface area contributed by atoms with E-state index in [0.29, 0.717) is 38.2 Å². The van der Waals surface area contributed by atoms with Crippen LogP contribution in [0, 0.1) is 5.82 Å². The molecule has 0 aromatic heterocycles. The lowest BCUT2D eigenvalue weighted by Crippen LogP contribution is -2.51. The summed E-state index contributed by atoms with van der Waals surface area (Å²) < 4.78 is 13.2. The Kier molecular flexibility index (Phi) is 5.86. The topological polar surface area (TPSA) is 40.6 Å². The summed E-state index contributed by atoms with van der Waals surface area (Å²) in [6.45, 7) is 1.88. The number of amides is 2. The van der Waals surface area contributed by atoms with Gasteiger partial charge >= 0.3 is 0 Å². The number of piperazine rings is 1. The molecule has 0 spiro atoms. The standard InChI is InChI=1S/C23H24ClFN2O2/c24-21-15-19(25)7-8-20(21)23(29)27-11-9-26(10-12-27)22(28)14-16-5-6-17-3-1-2-4-18(17)13-16/h5-8,13,15H,1-4,9-12,14H2. The van der Waals surface area contributed by atoms with Crippen molar-refractivity contribution in [2.24, 2.45) is 0 Å². The van der Waals surface area contributed by atoms with Crippen molar-refractivity contribution in [2.45, 2.75) is 32.1 Å². The monoisotopic (exact) mass is 414 g/mol. The molecule has 0 atom stereocenters. The van der Waals surface area contributed by atoms with Gasteiger partial charge in [0.1, 0.15) is 5.82 Å². The van der Waals surface area contributed by atoms with E-state index in [2.05, 4.69) is 18.2 Å². The van der Waals surface area contributed by atoms with E-state index >= 15 is 0 Å². The zero-order valence-electron chi connectivity index (χ0n) is 16.3. The first-order valence-corrected chi connectivity index (χ1v) is 10.5. The maximum atomic E-state index is 13.2. The number of halogens is 2. The van der Waals surface area contributed by atoms with Gasteiger partial charge in [-0.1, -0.05) is 29.8 Å². The summed E-state index contributed by atoms with van der Waals surface area (Å²) in [5.41, 5.74) is 4.15. The van der Waals surface area contributed by atoms with E-state index in [-0.39, 0.29) is 16.8 Å². The molecule has 29 heavy (non-hydrogen) atoms. The van der Waals surface area contributed by atoms with Crippen molar-refractivity contribution in [2.75, 3.05) is 26.2 Å². The van der Waals surface area contributed by atoms with Crippen LogP contribution < -0.4 is 0 Å². The van der Waals surface area contributed by atoms with Crippen LogP contribution >= 0.6 is 11.6 Å². The number of hydrogen-bond donors (Lipinski definition) is 0. The van der Waals surface area contributed by atoms with Gasteiger partial charge < -0.3 is 9.80 Å². The minimum atomic E-state index is -0.468. The van der Waals surface area contributed by atoms with Gasteiger partial charge in [-0.3, -0.25) is 9.59 Å². The molecule has 152 valence electrons. The first-order valence-electron chi connectivity index (χ1n) is 10.1. The smallest absolute Gasteiger partial charge is 0.255 e. The molecule has 1 saturated heterocycles. The highest BCUT2D eigenvalue weighted by atomic mass is 35.5. The highest BCUT2D eigenvalue weighted by Crippen LogP contribution is 2.23. The molecule has 2 amide bonds. The van der Waals surface area contributed by atoms with Gasteiger partial charge in [-0.2, -0.15) is 0 Å². The largest absolute Gasteiger partial charge is 0.339 e. The number of fused-ring (bicyclic) bond motifs is 1. The Labute approximate surface area is 175 Å². The highest BCUT2D eigenvalue weighted by Gasteiger charge is 2.26. The molecular weight excluding hydrogens is 391 g/mol. The molecule has 0 bridgehead atoms. The van der Waals surface area contributed by atoms with Gasteiger partial charge in [-0.15, -0.1) is 0 Å². The molecule has 1 heterocycles. The number of aryl methyl sites for hydroxylation is 2. The van der Waals surface area contributed by atoms with Gasteiger partial charge in [0.25, 0.3) is 5.91 Å². The van der Waals surface area contributed by atoms with Crippen molar-refractivity contribution >= 4 is 23.4 Å². The van der Waals surface area contributed by atoms with Gasteiger partial charge in [0, 0.05) is 26.2 Å². The summed E-state index contributed by atoms with van der Waals surface area (Å²) in [5.74, 6) is -0.603. The van der Waals surface area contributed by atoms with Crippen LogP contribution in [0.15, 0.2) is 36.4 Å². The summed E-state index contributed by atoms with van der Waals surface area (Å²) in [7, 11) is 0. The minimum Gasteiger partial charge on any atom is -0.339 e. The molecule has 1 fully saturated rings. The quantitative estimate of drug-likeness (QED) is 0.764. The second-order valence-electron chi connectivity index (χ2n) is 7.78. The fourth-order valence-corrected chi connectivity index (χ4v) is 4.42. The van der Waals surface area contributed by atoms with Crippen molar-refractivity contribution in [1.29, 1.82) is 0 Å². The Morgan fingerprint density at radius 2 is 1.59 bits per heavy atom. The lowest BCUT2D eigenvalue weighted by atomic mass is 9.90. The van der Waals surface area contributed by atoms with E-state index in [1.54, 1.807) is 4.90 Å². The van der Waals surface area contributed by atoms with Gasteiger partial charge in [0.05, 0.1) is 17.0 Å². The van der Waals surface area contributed by atoms with E-state index in [1.807, 2.05) is 4.90 Å². The molecule has 2 aliphatic rings. The highest BCUT2D eigenvalue weighted by molar-refractivity contribution is 6.33. The maximum absolute atomic E-state index is 13.2. The minimum absolute atomic E-state index is 0.0904. The van der Waals surface area contributed by atoms with Crippen molar-refractivity contribution in [3.05, 3.63) is 69.5 Å². The first-order chi connectivity index (χ1) is 14.0. The molecule has 2 aromatic rings. The predicted octanol–water partition coefficient (Wildman–Crippen LogP) is 3.89. The SMILES string of the molecule is O=C(Cc1ccc2c(c1)CCCC2)N1CCN(C(=O)c2ccc(F)cc2Cl)CC1. The molecule has 0 N–H and O–H groups in total. The van der Waals surface area contributed by atoms with Crippen LogP contribution in [0.2, 0.25) is 5.02 Å². The first kappa shape index (κ1) is 19.9. The Morgan fingerprint density at radius 3 is 2.31 bits per heavy atom. The number of rotatable bonds is 3. The van der Waals surface area contributed by atoms with Crippen LogP contribution in [-0.4, -0.2) is 47.8 Å². The summed E-state index contributed by atoms with van der Waals surface area (Å²) in [5, 5.41) is 0.112. The lowest BCUT2D eigenvalue weighted by molar-refractivity contribution is -0.131. The van der Waals surface area contributed by atoms with E-state index < -0.39 is 5.82 Å². The van der Waals surface area contributed by atoms with Crippen molar-refractivity contribution in [3.8, 4) is 0 Å². The Hall–Kier alpha value is -2.40. The summed E-state index contributed by atoms with van der Waals surface area (Å²) >= 11 is 6.01. The van der Waals surface area contributed by atoms with Crippen LogP contribution in [-0.2, 0) is 24.1 Å². The van der Waals surface area contributed by atoms with E-state index in [4.69, 9.17) is 11.6 Å². The Bertz CT molecular complexity index is 938. The summed E-state index contributed by atoms with van der Waals surface area (Å²) in [6, 6.07) is 10.2. The van der Waals surface area contributed by atoms with E-state index in [0.717, 1.165) is 24.5 Å². The molecule has 1 aliphatic heterocycles. The number of benzene rings is 2. The van der Waals surface area contributed by atoms with Crippen molar-refractivity contribution in [3.63, 3.8) is 0 Å². The zero-order chi connectivity index (χ0) is 20.4. The van der Waals surface area contributed by atoms with Crippen LogP contribution in [0.5, 0.6) is 0 Å². The van der Waals surface area contributed by atoms with Crippen LogP contribution in [0.25, 0.3) is 0 Å². The van der Waals surface area contributed by atoms with Crippen molar-refractivity contribution in [1.82, 2.24) is 9.80 Å².